The Bertz CT molecular complexity index is 701. The maximum atomic E-state index is 4.68. The van der Waals surface area contributed by atoms with Crippen LogP contribution < -0.4 is 5.32 Å². The molecule has 3 heteroatoms. The highest BCUT2D eigenvalue weighted by Gasteiger charge is 2.13. The van der Waals surface area contributed by atoms with Gasteiger partial charge in [0.2, 0.25) is 5.95 Å². The first-order valence-corrected chi connectivity index (χ1v) is 7.02. The molecule has 1 unspecified atom stereocenters. The molecule has 0 bridgehead atoms. The number of hydrogen-bond acceptors (Lipinski definition) is 2. The van der Waals surface area contributed by atoms with Crippen LogP contribution in [0.3, 0.4) is 0 Å². The van der Waals surface area contributed by atoms with Crippen LogP contribution in [-0.2, 0) is 7.05 Å². The number of para-hydroxylation sites is 2. The van der Waals surface area contributed by atoms with Crippen LogP contribution in [0.4, 0.5) is 5.95 Å². The Kier molecular flexibility index (Phi) is 3.42. The van der Waals surface area contributed by atoms with Crippen LogP contribution in [0.2, 0.25) is 0 Å². The molecule has 3 nitrogen and oxygen atoms in total. The maximum Gasteiger partial charge on any atom is 0.204 e. The van der Waals surface area contributed by atoms with E-state index in [0.717, 1.165) is 23.4 Å². The third-order valence-corrected chi connectivity index (χ3v) is 3.70. The van der Waals surface area contributed by atoms with Crippen molar-refractivity contribution < 1.29 is 0 Å². The van der Waals surface area contributed by atoms with Crippen LogP contribution in [0.15, 0.2) is 54.6 Å². The lowest BCUT2D eigenvalue weighted by molar-refractivity contribution is 0.729. The molecule has 1 heterocycles. The van der Waals surface area contributed by atoms with Gasteiger partial charge in [0.05, 0.1) is 17.1 Å². The number of rotatable bonds is 4. The number of nitrogens with one attached hydrogen (secondary N) is 1. The number of anilines is 1. The summed E-state index contributed by atoms with van der Waals surface area (Å²) in [5, 5.41) is 3.55. The smallest absolute Gasteiger partial charge is 0.204 e. The minimum absolute atomic E-state index is 0.284. The number of nitrogens with zero attached hydrogens (tertiary/aromatic N) is 2. The molecule has 0 spiro atoms. The number of hydrogen-bond donors (Lipinski definition) is 1. The van der Waals surface area contributed by atoms with Crippen molar-refractivity contribution in [2.75, 3.05) is 5.32 Å². The fourth-order valence-electron chi connectivity index (χ4n) is 2.54. The number of fused-ring (bicyclic) bond motifs is 1. The topological polar surface area (TPSA) is 29.9 Å². The predicted molar refractivity (Wildman–Crippen MR) is 83.8 cm³/mol. The van der Waals surface area contributed by atoms with Crippen molar-refractivity contribution in [1.82, 2.24) is 9.55 Å². The van der Waals surface area contributed by atoms with Gasteiger partial charge in [-0.15, -0.1) is 0 Å². The number of aryl methyl sites for hydroxylation is 1. The van der Waals surface area contributed by atoms with Crippen molar-refractivity contribution >= 4 is 17.0 Å². The van der Waals surface area contributed by atoms with Crippen LogP contribution in [-0.4, -0.2) is 9.55 Å². The van der Waals surface area contributed by atoms with Crippen molar-refractivity contribution in [2.45, 2.75) is 19.4 Å². The van der Waals surface area contributed by atoms with Crippen molar-refractivity contribution in [3.63, 3.8) is 0 Å². The van der Waals surface area contributed by atoms with Crippen molar-refractivity contribution in [3.8, 4) is 0 Å². The van der Waals surface area contributed by atoms with Gasteiger partial charge in [-0.25, -0.2) is 4.98 Å². The minimum atomic E-state index is 0.284. The summed E-state index contributed by atoms with van der Waals surface area (Å²) in [4.78, 5) is 4.68. The molecule has 3 rings (SSSR count). The number of imidazole rings is 1. The van der Waals surface area contributed by atoms with Gasteiger partial charge in [0.1, 0.15) is 0 Å². The summed E-state index contributed by atoms with van der Waals surface area (Å²) in [7, 11) is 2.05. The molecule has 0 radical (unpaired) electrons. The summed E-state index contributed by atoms with van der Waals surface area (Å²) in [5.41, 5.74) is 3.47. The van der Waals surface area contributed by atoms with Gasteiger partial charge >= 0.3 is 0 Å². The van der Waals surface area contributed by atoms with Gasteiger partial charge in [-0.1, -0.05) is 49.4 Å². The number of benzene rings is 2. The molecule has 0 aliphatic rings. The lowest BCUT2D eigenvalue weighted by atomic mass is 10.1. The highest BCUT2D eigenvalue weighted by Crippen LogP contribution is 2.24. The second kappa shape index (κ2) is 5.37. The normalized spacial score (nSPS) is 12.5. The van der Waals surface area contributed by atoms with E-state index in [4.69, 9.17) is 0 Å². The van der Waals surface area contributed by atoms with Crippen LogP contribution in [0.5, 0.6) is 0 Å². The molecule has 2 aromatic carbocycles. The van der Waals surface area contributed by atoms with E-state index in [1.165, 1.54) is 5.56 Å². The second-order valence-corrected chi connectivity index (χ2v) is 5.00. The summed E-state index contributed by atoms with van der Waals surface area (Å²) < 4.78 is 2.11. The molecular formula is C17H19N3. The monoisotopic (exact) mass is 265 g/mol. The van der Waals surface area contributed by atoms with Gasteiger partial charge in [-0.05, 0) is 24.1 Å². The van der Waals surface area contributed by atoms with Gasteiger partial charge < -0.3 is 9.88 Å². The second-order valence-electron chi connectivity index (χ2n) is 5.00. The first kappa shape index (κ1) is 12.7. The summed E-state index contributed by atoms with van der Waals surface area (Å²) >= 11 is 0. The van der Waals surface area contributed by atoms with Gasteiger partial charge in [-0.2, -0.15) is 0 Å². The molecule has 0 fully saturated rings. The molecule has 102 valence electrons. The van der Waals surface area contributed by atoms with Gasteiger partial charge in [0.25, 0.3) is 0 Å². The summed E-state index contributed by atoms with van der Waals surface area (Å²) in [5.74, 6) is 0.918. The van der Waals surface area contributed by atoms with Crippen LogP contribution >= 0.6 is 0 Å². The Balaban J connectivity index is 1.94. The summed E-state index contributed by atoms with van der Waals surface area (Å²) in [6.45, 7) is 2.19. The Labute approximate surface area is 119 Å². The van der Waals surface area contributed by atoms with E-state index in [1.54, 1.807) is 0 Å². The number of aromatic nitrogens is 2. The summed E-state index contributed by atoms with van der Waals surface area (Å²) in [6.07, 6.45) is 1.02. The molecule has 0 aliphatic carbocycles. The third kappa shape index (κ3) is 2.27. The summed E-state index contributed by atoms with van der Waals surface area (Å²) in [6, 6.07) is 19.0. The van der Waals surface area contributed by atoms with E-state index in [9.17, 15) is 0 Å². The fourth-order valence-corrected chi connectivity index (χ4v) is 2.54. The molecule has 0 saturated carbocycles. The minimum Gasteiger partial charge on any atom is -0.349 e. The Morgan fingerprint density at radius 3 is 2.45 bits per heavy atom. The first-order chi connectivity index (χ1) is 9.79. The first-order valence-electron chi connectivity index (χ1n) is 7.02. The van der Waals surface area contributed by atoms with Crippen molar-refractivity contribution in [1.29, 1.82) is 0 Å². The SMILES string of the molecule is CCC(Nc1nc2ccccc2n1C)c1ccccc1. The van der Waals surface area contributed by atoms with E-state index < -0.39 is 0 Å². The van der Waals surface area contributed by atoms with Crippen molar-refractivity contribution in [2.24, 2.45) is 7.05 Å². The van der Waals surface area contributed by atoms with E-state index in [-0.39, 0.29) is 6.04 Å². The zero-order valence-corrected chi connectivity index (χ0v) is 11.9. The lowest BCUT2D eigenvalue weighted by Crippen LogP contribution is -2.12. The Hall–Kier alpha value is -2.29. The average Bonchev–Trinajstić information content (AvgIpc) is 2.82. The van der Waals surface area contributed by atoms with Crippen molar-refractivity contribution in [3.05, 3.63) is 60.2 Å². The van der Waals surface area contributed by atoms with Crippen LogP contribution in [0.1, 0.15) is 24.9 Å². The predicted octanol–water partition coefficient (Wildman–Crippen LogP) is 4.14. The highest BCUT2D eigenvalue weighted by molar-refractivity contribution is 5.78. The molecular weight excluding hydrogens is 246 g/mol. The molecule has 0 amide bonds. The zero-order valence-electron chi connectivity index (χ0n) is 11.9. The van der Waals surface area contributed by atoms with Gasteiger partial charge in [0.15, 0.2) is 0 Å². The van der Waals surface area contributed by atoms with Gasteiger partial charge in [0, 0.05) is 7.05 Å². The van der Waals surface area contributed by atoms with E-state index in [1.807, 2.05) is 24.3 Å². The zero-order chi connectivity index (χ0) is 13.9. The highest BCUT2D eigenvalue weighted by atomic mass is 15.2. The van der Waals surface area contributed by atoms with Gasteiger partial charge in [-0.3, -0.25) is 0 Å². The molecule has 3 aromatic rings. The molecule has 20 heavy (non-hydrogen) atoms. The largest absolute Gasteiger partial charge is 0.349 e. The van der Waals surface area contributed by atoms with Crippen LogP contribution in [0.25, 0.3) is 11.0 Å². The van der Waals surface area contributed by atoms with Crippen LogP contribution in [0, 0.1) is 0 Å². The molecule has 1 N–H and O–H groups in total. The standard InChI is InChI=1S/C17H19N3/c1-3-14(13-9-5-4-6-10-13)18-17-19-15-11-7-8-12-16(15)20(17)2/h4-12,14H,3H2,1-2H3,(H,18,19). The molecule has 0 saturated heterocycles. The van der Waals surface area contributed by atoms with E-state index in [2.05, 4.69) is 59.2 Å². The third-order valence-electron chi connectivity index (χ3n) is 3.70. The quantitative estimate of drug-likeness (QED) is 0.768. The fraction of sp³-hybridized carbons (Fsp3) is 0.235. The molecule has 1 atom stereocenters. The maximum absolute atomic E-state index is 4.68. The van der Waals surface area contributed by atoms with E-state index >= 15 is 0 Å². The Morgan fingerprint density at radius 1 is 1.05 bits per heavy atom. The average molecular weight is 265 g/mol. The van der Waals surface area contributed by atoms with E-state index in [0.29, 0.717) is 0 Å². The molecule has 0 aliphatic heterocycles. The molecule has 1 aromatic heterocycles. The lowest BCUT2D eigenvalue weighted by Gasteiger charge is -2.18. The Morgan fingerprint density at radius 2 is 1.75 bits per heavy atom.